The van der Waals surface area contributed by atoms with E-state index in [0.29, 0.717) is 13.2 Å². The van der Waals surface area contributed by atoms with E-state index >= 15 is 0 Å². The quantitative estimate of drug-likeness (QED) is 0.749. The molecule has 0 aliphatic rings. The third kappa shape index (κ3) is 5.93. The molecule has 5 heteroatoms. The van der Waals surface area contributed by atoms with Crippen LogP contribution in [0, 0.1) is 0 Å². The number of unbranched alkanes of at least 4 members (excludes halogenated alkanes) is 1. The van der Waals surface area contributed by atoms with E-state index in [1.807, 2.05) is 12.1 Å². The van der Waals surface area contributed by atoms with Gasteiger partial charge in [0, 0.05) is 11.3 Å². The van der Waals surface area contributed by atoms with Crippen LogP contribution in [0.1, 0.15) is 24.5 Å². The van der Waals surface area contributed by atoms with Crippen LogP contribution in [0.4, 0.5) is 0 Å². The molecule has 0 saturated carbocycles. The first kappa shape index (κ1) is 18.4. The molecular weight excluding hydrogens is 306 g/mol. The van der Waals surface area contributed by atoms with Gasteiger partial charge in [-0.05, 0) is 68.0 Å². The summed E-state index contributed by atoms with van der Waals surface area (Å²) in [6, 6.07) is 8.18. The summed E-state index contributed by atoms with van der Waals surface area (Å²) in [6.45, 7) is 2.17. The maximum Gasteiger partial charge on any atom is 0.102 e. The Morgan fingerprint density at radius 3 is 2.81 bits per heavy atom. The molecule has 2 rings (SSSR count). The highest BCUT2D eigenvalue weighted by molar-refractivity contribution is 7.17. The number of nitrogens with zero attached hydrogens (tertiary/aromatic N) is 1. The van der Waals surface area contributed by atoms with Gasteiger partial charge < -0.3 is 14.7 Å². The predicted molar refractivity (Wildman–Crippen MR) is 92.6 cm³/mol. The zero-order valence-electron chi connectivity index (χ0n) is 12.6. The van der Waals surface area contributed by atoms with Crippen LogP contribution in [0.3, 0.4) is 0 Å². The molecule has 0 fully saturated rings. The van der Waals surface area contributed by atoms with Crippen LogP contribution in [-0.2, 0) is 4.74 Å². The Kier molecular flexibility index (Phi) is 8.22. The van der Waals surface area contributed by atoms with Gasteiger partial charge in [0.25, 0.3) is 0 Å². The maximum atomic E-state index is 10.1. The Bertz CT molecular complexity index is 530. The molecule has 0 amide bonds. The first-order valence-electron chi connectivity index (χ1n) is 7.04. The minimum Gasteiger partial charge on any atom is -0.386 e. The minimum atomic E-state index is -0.534. The van der Waals surface area contributed by atoms with E-state index < -0.39 is 6.10 Å². The first-order valence-corrected chi connectivity index (χ1v) is 7.92. The second kappa shape index (κ2) is 9.38. The summed E-state index contributed by atoms with van der Waals surface area (Å²) in [6.07, 6.45) is 1.63. The zero-order chi connectivity index (χ0) is 14.4. The Balaban J connectivity index is 0.00000220. The maximum absolute atomic E-state index is 10.1. The van der Waals surface area contributed by atoms with Gasteiger partial charge in [-0.15, -0.1) is 23.7 Å². The third-order valence-corrected chi connectivity index (χ3v) is 4.18. The summed E-state index contributed by atoms with van der Waals surface area (Å²) in [5, 5.41) is 13.4. The van der Waals surface area contributed by atoms with E-state index in [4.69, 9.17) is 4.74 Å². The Morgan fingerprint density at radius 2 is 2.05 bits per heavy atom. The van der Waals surface area contributed by atoms with Gasteiger partial charge in [-0.2, -0.15) is 0 Å². The zero-order valence-corrected chi connectivity index (χ0v) is 14.3. The van der Waals surface area contributed by atoms with Crippen molar-refractivity contribution in [2.75, 3.05) is 33.9 Å². The number of aliphatic hydroxyl groups is 1. The Labute approximate surface area is 136 Å². The molecule has 1 heterocycles. The standard InChI is InChI=1S/C16H23NO2S.ClH/c1-17(2)8-3-4-9-19-12-15(18)13-5-6-16-14(11-13)7-10-20-16;/h5-7,10-11,15,18H,3-4,8-9,12H2,1-2H3;1H. The number of rotatable bonds is 8. The molecule has 0 bridgehead atoms. The van der Waals surface area contributed by atoms with Gasteiger partial charge in [0.2, 0.25) is 0 Å². The van der Waals surface area contributed by atoms with Crippen LogP contribution in [0.15, 0.2) is 29.6 Å². The largest absolute Gasteiger partial charge is 0.386 e. The fourth-order valence-corrected chi connectivity index (χ4v) is 2.89. The van der Waals surface area contributed by atoms with Crippen molar-refractivity contribution in [3.8, 4) is 0 Å². The van der Waals surface area contributed by atoms with Crippen LogP contribution < -0.4 is 0 Å². The highest BCUT2D eigenvalue weighted by atomic mass is 35.5. The molecule has 1 aromatic carbocycles. The Morgan fingerprint density at radius 1 is 1.24 bits per heavy atom. The number of aliphatic hydroxyl groups excluding tert-OH is 1. The van der Waals surface area contributed by atoms with E-state index in [-0.39, 0.29) is 12.4 Å². The normalized spacial score (nSPS) is 12.6. The summed E-state index contributed by atoms with van der Waals surface area (Å²) in [4.78, 5) is 2.17. The van der Waals surface area contributed by atoms with Crippen molar-refractivity contribution >= 4 is 33.8 Å². The van der Waals surface area contributed by atoms with Crippen molar-refractivity contribution in [1.82, 2.24) is 4.90 Å². The van der Waals surface area contributed by atoms with E-state index in [2.05, 4.69) is 36.5 Å². The van der Waals surface area contributed by atoms with E-state index in [1.54, 1.807) is 11.3 Å². The second-order valence-corrected chi connectivity index (χ2v) is 6.27. The van der Waals surface area contributed by atoms with Crippen molar-refractivity contribution in [1.29, 1.82) is 0 Å². The first-order chi connectivity index (χ1) is 9.66. The summed E-state index contributed by atoms with van der Waals surface area (Å²) < 4.78 is 6.81. The van der Waals surface area contributed by atoms with Crippen LogP contribution in [-0.4, -0.2) is 43.9 Å². The summed E-state index contributed by atoms with van der Waals surface area (Å²) >= 11 is 1.72. The van der Waals surface area contributed by atoms with Gasteiger partial charge in [0.05, 0.1) is 6.61 Å². The summed E-state index contributed by atoms with van der Waals surface area (Å²) in [7, 11) is 4.15. The summed E-state index contributed by atoms with van der Waals surface area (Å²) in [5.74, 6) is 0. The van der Waals surface area contributed by atoms with E-state index in [1.165, 1.54) is 10.1 Å². The number of hydrogen-bond donors (Lipinski definition) is 1. The van der Waals surface area contributed by atoms with Crippen LogP contribution in [0.25, 0.3) is 10.1 Å². The molecule has 0 aliphatic carbocycles. The smallest absolute Gasteiger partial charge is 0.102 e. The van der Waals surface area contributed by atoms with Crippen molar-refractivity contribution in [2.45, 2.75) is 18.9 Å². The molecule has 0 aliphatic heterocycles. The number of hydrogen-bond acceptors (Lipinski definition) is 4. The molecule has 118 valence electrons. The van der Waals surface area contributed by atoms with Gasteiger partial charge in [0.15, 0.2) is 0 Å². The van der Waals surface area contributed by atoms with Crippen molar-refractivity contribution in [2.24, 2.45) is 0 Å². The molecule has 3 nitrogen and oxygen atoms in total. The molecule has 1 unspecified atom stereocenters. The highest BCUT2D eigenvalue weighted by Gasteiger charge is 2.08. The highest BCUT2D eigenvalue weighted by Crippen LogP contribution is 2.24. The molecule has 1 atom stereocenters. The monoisotopic (exact) mass is 329 g/mol. The molecule has 1 aromatic heterocycles. The number of thiophene rings is 1. The fraction of sp³-hybridized carbons (Fsp3) is 0.500. The van der Waals surface area contributed by atoms with Gasteiger partial charge in [0.1, 0.15) is 6.10 Å². The van der Waals surface area contributed by atoms with Gasteiger partial charge >= 0.3 is 0 Å². The van der Waals surface area contributed by atoms with Gasteiger partial charge in [-0.1, -0.05) is 6.07 Å². The lowest BCUT2D eigenvalue weighted by Crippen LogP contribution is -2.14. The third-order valence-electron chi connectivity index (χ3n) is 3.28. The molecule has 0 radical (unpaired) electrons. The Hall–Kier alpha value is -0.650. The van der Waals surface area contributed by atoms with Crippen LogP contribution in [0.2, 0.25) is 0 Å². The SMILES string of the molecule is CN(C)CCCCOCC(O)c1ccc2sccc2c1.Cl. The molecule has 1 N–H and O–H groups in total. The lowest BCUT2D eigenvalue weighted by molar-refractivity contribution is 0.0342. The van der Waals surface area contributed by atoms with Gasteiger partial charge in [-0.3, -0.25) is 0 Å². The van der Waals surface area contributed by atoms with Crippen molar-refractivity contribution in [3.63, 3.8) is 0 Å². The fourth-order valence-electron chi connectivity index (χ4n) is 2.12. The predicted octanol–water partition coefficient (Wildman–Crippen LogP) is 3.71. The van der Waals surface area contributed by atoms with E-state index in [0.717, 1.165) is 24.9 Å². The lowest BCUT2D eigenvalue weighted by atomic mass is 10.1. The number of ether oxygens (including phenoxy) is 1. The second-order valence-electron chi connectivity index (χ2n) is 5.32. The van der Waals surface area contributed by atoms with Gasteiger partial charge in [-0.25, -0.2) is 0 Å². The van der Waals surface area contributed by atoms with Crippen LogP contribution >= 0.6 is 23.7 Å². The average Bonchev–Trinajstić information content (AvgIpc) is 2.89. The summed E-state index contributed by atoms with van der Waals surface area (Å²) in [5.41, 5.74) is 0.934. The molecule has 2 aromatic rings. The number of benzene rings is 1. The molecule has 0 saturated heterocycles. The molecule has 0 spiro atoms. The minimum absolute atomic E-state index is 0. The van der Waals surface area contributed by atoms with Crippen LogP contribution in [0.5, 0.6) is 0 Å². The van der Waals surface area contributed by atoms with Crippen molar-refractivity contribution in [3.05, 3.63) is 35.2 Å². The topological polar surface area (TPSA) is 32.7 Å². The van der Waals surface area contributed by atoms with E-state index in [9.17, 15) is 5.11 Å². The number of halogens is 1. The molecule has 21 heavy (non-hydrogen) atoms. The molecular formula is C16H24ClNO2S. The lowest BCUT2D eigenvalue weighted by Gasteiger charge is -2.13. The average molecular weight is 330 g/mol. The number of fused-ring (bicyclic) bond motifs is 1. The van der Waals surface area contributed by atoms with Crippen molar-refractivity contribution < 1.29 is 9.84 Å².